The Hall–Kier alpha value is -1.78. The van der Waals surface area contributed by atoms with Gasteiger partial charge >= 0.3 is 5.97 Å². The molecular formula is C15H21NO4. The second-order valence-electron chi connectivity index (χ2n) is 5.72. The molecule has 0 aromatic carbocycles. The number of hydrogen-bond donors (Lipinski definition) is 2. The Morgan fingerprint density at radius 3 is 2.50 bits per heavy atom. The molecule has 1 aliphatic carbocycles. The minimum Gasteiger partial charge on any atom is -0.481 e. The Morgan fingerprint density at radius 2 is 1.95 bits per heavy atom. The zero-order valence-electron chi connectivity index (χ0n) is 11.9. The first-order valence-electron chi connectivity index (χ1n) is 7.10. The van der Waals surface area contributed by atoms with Gasteiger partial charge in [-0.2, -0.15) is 0 Å². The lowest BCUT2D eigenvalue weighted by Gasteiger charge is -2.26. The normalized spacial score (nSPS) is 22.8. The lowest BCUT2D eigenvalue weighted by Crippen LogP contribution is -2.38. The van der Waals surface area contributed by atoms with Crippen molar-refractivity contribution in [2.75, 3.05) is 0 Å². The molecule has 110 valence electrons. The van der Waals surface area contributed by atoms with Crippen molar-refractivity contribution in [3.63, 3.8) is 0 Å². The Labute approximate surface area is 118 Å². The van der Waals surface area contributed by atoms with Gasteiger partial charge in [0.2, 0.25) is 0 Å². The molecule has 2 rings (SSSR count). The van der Waals surface area contributed by atoms with Crippen LogP contribution in [0.1, 0.15) is 61.6 Å². The zero-order chi connectivity index (χ0) is 14.7. The Balaban J connectivity index is 1.93. The third kappa shape index (κ3) is 3.21. The van der Waals surface area contributed by atoms with Gasteiger partial charge in [0.25, 0.3) is 5.91 Å². The molecule has 0 saturated heterocycles. The number of aliphatic carboxylic acids is 1. The van der Waals surface area contributed by atoms with Gasteiger partial charge in [0.15, 0.2) is 5.76 Å². The molecule has 1 saturated carbocycles. The molecule has 1 amide bonds. The SMILES string of the molecule is CC(C)c1ccoc1C(=O)NC1CCC(C(=O)O)CC1. The van der Waals surface area contributed by atoms with Crippen LogP contribution in [0.2, 0.25) is 0 Å². The second kappa shape index (κ2) is 6.11. The van der Waals surface area contributed by atoms with Crippen molar-refractivity contribution in [2.45, 2.75) is 51.5 Å². The van der Waals surface area contributed by atoms with Gasteiger partial charge in [-0.25, -0.2) is 0 Å². The van der Waals surface area contributed by atoms with Crippen molar-refractivity contribution in [1.82, 2.24) is 5.32 Å². The van der Waals surface area contributed by atoms with E-state index in [4.69, 9.17) is 9.52 Å². The van der Waals surface area contributed by atoms with Crippen LogP contribution in [0, 0.1) is 5.92 Å². The fourth-order valence-electron chi connectivity index (χ4n) is 2.69. The third-order valence-electron chi connectivity index (χ3n) is 3.94. The number of carboxylic acids is 1. The lowest BCUT2D eigenvalue weighted by molar-refractivity contribution is -0.142. The van der Waals surface area contributed by atoms with E-state index in [9.17, 15) is 9.59 Å². The maximum Gasteiger partial charge on any atom is 0.306 e. The number of hydrogen-bond acceptors (Lipinski definition) is 3. The molecule has 2 N–H and O–H groups in total. The number of amides is 1. The van der Waals surface area contributed by atoms with Crippen LogP contribution in [-0.4, -0.2) is 23.0 Å². The van der Waals surface area contributed by atoms with E-state index in [1.54, 1.807) is 0 Å². The summed E-state index contributed by atoms with van der Waals surface area (Å²) in [6.45, 7) is 4.03. The van der Waals surface area contributed by atoms with Gasteiger partial charge in [0, 0.05) is 11.6 Å². The van der Waals surface area contributed by atoms with Gasteiger partial charge in [-0.3, -0.25) is 9.59 Å². The van der Waals surface area contributed by atoms with Gasteiger partial charge in [0.05, 0.1) is 12.2 Å². The number of rotatable bonds is 4. The van der Waals surface area contributed by atoms with Gasteiger partial charge in [-0.1, -0.05) is 13.8 Å². The highest BCUT2D eigenvalue weighted by atomic mass is 16.4. The monoisotopic (exact) mass is 279 g/mol. The predicted octanol–water partition coefficient (Wildman–Crippen LogP) is 2.78. The van der Waals surface area contributed by atoms with Gasteiger partial charge in [-0.05, 0) is 37.7 Å². The molecule has 0 atom stereocenters. The van der Waals surface area contributed by atoms with E-state index >= 15 is 0 Å². The molecule has 5 nitrogen and oxygen atoms in total. The summed E-state index contributed by atoms with van der Waals surface area (Å²) in [5, 5.41) is 11.9. The molecule has 0 radical (unpaired) electrons. The second-order valence-corrected chi connectivity index (χ2v) is 5.72. The molecule has 1 aliphatic rings. The first kappa shape index (κ1) is 14.6. The van der Waals surface area contributed by atoms with Crippen LogP contribution >= 0.6 is 0 Å². The van der Waals surface area contributed by atoms with Crippen LogP contribution in [0.15, 0.2) is 16.7 Å². The van der Waals surface area contributed by atoms with Crippen molar-refractivity contribution in [3.8, 4) is 0 Å². The van der Waals surface area contributed by atoms with E-state index in [0.717, 1.165) is 5.56 Å². The minimum absolute atomic E-state index is 0.0446. The lowest BCUT2D eigenvalue weighted by atomic mass is 9.86. The molecule has 0 bridgehead atoms. The largest absolute Gasteiger partial charge is 0.481 e. The number of nitrogens with one attached hydrogen (secondary N) is 1. The summed E-state index contributed by atoms with van der Waals surface area (Å²) in [6, 6.07) is 1.86. The molecule has 1 fully saturated rings. The van der Waals surface area contributed by atoms with E-state index in [0.29, 0.717) is 31.4 Å². The van der Waals surface area contributed by atoms with E-state index in [1.165, 1.54) is 6.26 Å². The average Bonchev–Trinajstić information content (AvgIpc) is 2.88. The molecule has 0 unspecified atom stereocenters. The summed E-state index contributed by atoms with van der Waals surface area (Å²) in [7, 11) is 0. The van der Waals surface area contributed by atoms with Gasteiger partial charge in [-0.15, -0.1) is 0 Å². The van der Waals surface area contributed by atoms with Crippen molar-refractivity contribution in [3.05, 3.63) is 23.7 Å². The number of carboxylic acid groups (broad SMARTS) is 1. The molecular weight excluding hydrogens is 258 g/mol. The Bertz CT molecular complexity index is 484. The van der Waals surface area contributed by atoms with Crippen LogP contribution in [0.25, 0.3) is 0 Å². The molecule has 1 aromatic heterocycles. The number of carbonyl (C=O) groups excluding carboxylic acids is 1. The summed E-state index contributed by atoms with van der Waals surface area (Å²) in [6.07, 6.45) is 4.19. The van der Waals surface area contributed by atoms with Gasteiger partial charge in [0.1, 0.15) is 0 Å². The quantitative estimate of drug-likeness (QED) is 0.888. The highest BCUT2D eigenvalue weighted by Crippen LogP contribution is 2.25. The fourth-order valence-corrected chi connectivity index (χ4v) is 2.69. The van der Waals surface area contributed by atoms with Crippen molar-refractivity contribution >= 4 is 11.9 Å². The third-order valence-corrected chi connectivity index (χ3v) is 3.94. The average molecular weight is 279 g/mol. The van der Waals surface area contributed by atoms with Crippen LogP contribution < -0.4 is 5.32 Å². The van der Waals surface area contributed by atoms with Crippen molar-refractivity contribution < 1.29 is 19.1 Å². The van der Waals surface area contributed by atoms with Gasteiger partial charge < -0.3 is 14.8 Å². The van der Waals surface area contributed by atoms with E-state index < -0.39 is 5.97 Å². The standard InChI is InChI=1S/C15H21NO4/c1-9(2)12-7-8-20-13(12)14(17)16-11-5-3-10(4-6-11)15(18)19/h7-11H,3-6H2,1-2H3,(H,16,17)(H,18,19). The first-order valence-corrected chi connectivity index (χ1v) is 7.10. The van der Waals surface area contributed by atoms with E-state index in [2.05, 4.69) is 5.32 Å². The van der Waals surface area contributed by atoms with Crippen molar-refractivity contribution in [2.24, 2.45) is 5.92 Å². The summed E-state index contributed by atoms with van der Waals surface area (Å²) in [5.74, 6) is -0.587. The van der Waals surface area contributed by atoms with Crippen LogP contribution in [0.3, 0.4) is 0 Å². The minimum atomic E-state index is -0.733. The smallest absolute Gasteiger partial charge is 0.306 e. The maximum absolute atomic E-state index is 12.2. The fraction of sp³-hybridized carbons (Fsp3) is 0.600. The number of furan rings is 1. The topological polar surface area (TPSA) is 79.5 Å². The highest BCUT2D eigenvalue weighted by Gasteiger charge is 2.28. The Morgan fingerprint density at radius 1 is 1.30 bits per heavy atom. The summed E-state index contributed by atoms with van der Waals surface area (Å²) in [4.78, 5) is 23.1. The zero-order valence-corrected chi connectivity index (χ0v) is 11.9. The molecule has 0 aliphatic heterocycles. The van der Waals surface area contributed by atoms with Crippen molar-refractivity contribution in [1.29, 1.82) is 0 Å². The molecule has 0 spiro atoms. The molecule has 20 heavy (non-hydrogen) atoms. The van der Waals surface area contributed by atoms with Crippen LogP contribution in [0.5, 0.6) is 0 Å². The highest BCUT2D eigenvalue weighted by molar-refractivity contribution is 5.93. The summed E-state index contributed by atoms with van der Waals surface area (Å²) in [5.41, 5.74) is 0.904. The molecule has 5 heteroatoms. The summed E-state index contributed by atoms with van der Waals surface area (Å²) >= 11 is 0. The van der Waals surface area contributed by atoms with Crippen LogP contribution in [0.4, 0.5) is 0 Å². The van der Waals surface area contributed by atoms with E-state index in [-0.39, 0.29) is 23.8 Å². The van der Waals surface area contributed by atoms with Crippen LogP contribution in [-0.2, 0) is 4.79 Å². The maximum atomic E-state index is 12.2. The molecule has 1 aromatic rings. The summed E-state index contributed by atoms with van der Waals surface area (Å²) < 4.78 is 5.28. The Kier molecular flexibility index (Phi) is 4.47. The first-order chi connectivity index (χ1) is 9.49. The van der Waals surface area contributed by atoms with E-state index in [1.807, 2.05) is 19.9 Å². The number of carbonyl (C=O) groups is 2. The molecule has 1 heterocycles. The predicted molar refractivity (Wildman–Crippen MR) is 73.6 cm³/mol.